The topological polar surface area (TPSA) is 66.4 Å². The van der Waals surface area contributed by atoms with E-state index in [4.69, 9.17) is 0 Å². The van der Waals surface area contributed by atoms with Crippen LogP contribution in [0, 0.1) is 5.41 Å². The predicted octanol–water partition coefficient (Wildman–Crippen LogP) is 2.86. The first-order valence-electron chi connectivity index (χ1n) is 7.15. The van der Waals surface area contributed by atoms with Gasteiger partial charge in [-0.2, -0.15) is 0 Å². The van der Waals surface area contributed by atoms with Crippen molar-refractivity contribution in [1.82, 2.24) is 5.32 Å². The number of aliphatic carboxylic acids is 1. The number of aryl methyl sites for hydroxylation is 2. The molecule has 1 aliphatic carbocycles. The Labute approximate surface area is 123 Å². The molecule has 0 saturated carbocycles. The van der Waals surface area contributed by atoms with Gasteiger partial charge in [0.2, 0.25) is 0 Å². The van der Waals surface area contributed by atoms with Crippen molar-refractivity contribution in [1.29, 1.82) is 0 Å². The number of hydrogen-bond acceptors (Lipinski definition) is 3. The van der Waals surface area contributed by atoms with Crippen molar-refractivity contribution < 1.29 is 14.7 Å². The Hall–Kier alpha value is -1.36. The number of hydrogen-bond donors (Lipinski definition) is 2. The van der Waals surface area contributed by atoms with Crippen LogP contribution in [0.1, 0.15) is 53.2 Å². The zero-order valence-corrected chi connectivity index (χ0v) is 12.8. The summed E-state index contributed by atoms with van der Waals surface area (Å²) in [6.45, 7) is 3.89. The van der Waals surface area contributed by atoms with E-state index in [1.165, 1.54) is 16.9 Å². The summed E-state index contributed by atoms with van der Waals surface area (Å²) in [7, 11) is 0. The molecule has 2 rings (SSSR count). The number of rotatable bonds is 6. The minimum atomic E-state index is -0.852. The van der Waals surface area contributed by atoms with E-state index in [1.807, 2.05) is 19.9 Å². The van der Waals surface area contributed by atoms with Gasteiger partial charge in [0, 0.05) is 11.4 Å². The van der Waals surface area contributed by atoms with Gasteiger partial charge in [0.1, 0.15) is 0 Å². The zero-order chi connectivity index (χ0) is 14.8. The molecule has 0 aromatic carbocycles. The average Bonchev–Trinajstić information content (AvgIpc) is 3.00. The van der Waals surface area contributed by atoms with Crippen molar-refractivity contribution >= 4 is 23.2 Å². The van der Waals surface area contributed by atoms with Crippen LogP contribution in [-0.4, -0.2) is 23.5 Å². The quantitative estimate of drug-likeness (QED) is 0.848. The second-order valence-electron chi connectivity index (χ2n) is 5.39. The van der Waals surface area contributed by atoms with E-state index in [9.17, 15) is 14.7 Å². The summed E-state index contributed by atoms with van der Waals surface area (Å²) in [6.07, 6.45) is 4.33. The van der Waals surface area contributed by atoms with Crippen molar-refractivity contribution in [3.8, 4) is 0 Å². The van der Waals surface area contributed by atoms with Gasteiger partial charge < -0.3 is 10.4 Å². The molecule has 0 bridgehead atoms. The summed E-state index contributed by atoms with van der Waals surface area (Å²) in [6, 6.07) is 1.96. The van der Waals surface area contributed by atoms with E-state index in [2.05, 4.69) is 5.32 Å². The third-order valence-electron chi connectivity index (χ3n) is 4.36. The first-order valence-corrected chi connectivity index (χ1v) is 7.97. The maximum absolute atomic E-state index is 12.2. The third kappa shape index (κ3) is 2.73. The fraction of sp³-hybridized carbons (Fsp3) is 0.600. The van der Waals surface area contributed by atoms with Gasteiger partial charge in [-0.15, -0.1) is 11.3 Å². The Kier molecular flexibility index (Phi) is 4.48. The lowest BCUT2D eigenvalue weighted by molar-refractivity contribution is -0.149. The first-order chi connectivity index (χ1) is 9.52. The molecular formula is C15H21NO3S. The monoisotopic (exact) mass is 295 g/mol. The first kappa shape index (κ1) is 15.0. The average molecular weight is 295 g/mol. The summed E-state index contributed by atoms with van der Waals surface area (Å²) in [5, 5.41) is 12.2. The summed E-state index contributed by atoms with van der Waals surface area (Å²) in [4.78, 5) is 25.6. The highest BCUT2D eigenvalue weighted by Gasteiger charge is 2.35. The van der Waals surface area contributed by atoms with Crippen molar-refractivity contribution in [2.24, 2.45) is 5.41 Å². The molecule has 0 fully saturated rings. The van der Waals surface area contributed by atoms with Crippen LogP contribution in [0.2, 0.25) is 0 Å². The van der Waals surface area contributed by atoms with E-state index in [0.717, 1.165) is 12.8 Å². The summed E-state index contributed by atoms with van der Waals surface area (Å²) in [5.74, 6) is -0.978. The lowest BCUT2D eigenvalue weighted by Crippen LogP contribution is -2.42. The molecule has 110 valence electrons. The molecule has 0 saturated heterocycles. The number of carboxylic acids is 1. The SMILES string of the molecule is CCC(CC)(CNC(=O)c1cc2c(s1)CCC2)C(=O)O. The molecule has 5 heteroatoms. The number of carbonyl (C=O) groups is 2. The van der Waals surface area contributed by atoms with Gasteiger partial charge in [-0.3, -0.25) is 9.59 Å². The molecule has 0 unspecified atom stereocenters. The highest BCUT2D eigenvalue weighted by atomic mass is 32.1. The highest BCUT2D eigenvalue weighted by Crippen LogP contribution is 2.31. The minimum absolute atomic E-state index is 0.142. The molecule has 1 aliphatic rings. The van der Waals surface area contributed by atoms with Gasteiger partial charge >= 0.3 is 5.97 Å². The number of carbonyl (C=O) groups excluding carboxylic acids is 1. The molecule has 1 amide bonds. The van der Waals surface area contributed by atoms with Gasteiger partial charge in [0.15, 0.2) is 0 Å². The third-order valence-corrected chi connectivity index (χ3v) is 5.60. The van der Waals surface area contributed by atoms with Gasteiger partial charge in [0.25, 0.3) is 5.91 Å². The molecule has 1 aromatic heterocycles. The van der Waals surface area contributed by atoms with E-state index in [1.54, 1.807) is 11.3 Å². The van der Waals surface area contributed by atoms with E-state index in [-0.39, 0.29) is 12.5 Å². The lowest BCUT2D eigenvalue weighted by Gasteiger charge is -2.26. The summed E-state index contributed by atoms with van der Waals surface area (Å²) in [5.41, 5.74) is 0.436. The second-order valence-corrected chi connectivity index (χ2v) is 6.52. The number of thiophene rings is 1. The van der Waals surface area contributed by atoms with E-state index in [0.29, 0.717) is 17.7 Å². The zero-order valence-electron chi connectivity index (χ0n) is 12.0. The van der Waals surface area contributed by atoms with Crippen molar-refractivity contribution in [2.45, 2.75) is 46.0 Å². The number of fused-ring (bicyclic) bond motifs is 1. The summed E-state index contributed by atoms with van der Waals surface area (Å²) >= 11 is 1.54. The van der Waals surface area contributed by atoms with Gasteiger partial charge in [-0.25, -0.2) is 0 Å². The molecule has 0 aliphatic heterocycles. The van der Waals surface area contributed by atoms with Crippen LogP contribution >= 0.6 is 11.3 Å². The Morgan fingerprint density at radius 2 is 2.05 bits per heavy atom. The van der Waals surface area contributed by atoms with Crippen molar-refractivity contribution in [3.63, 3.8) is 0 Å². The molecule has 2 N–H and O–H groups in total. The van der Waals surface area contributed by atoms with E-state index >= 15 is 0 Å². The molecule has 1 aromatic rings. The summed E-state index contributed by atoms with van der Waals surface area (Å²) < 4.78 is 0. The molecule has 4 nitrogen and oxygen atoms in total. The normalized spacial score (nSPS) is 14.1. The fourth-order valence-electron chi connectivity index (χ4n) is 2.66. The largest absolute Gasteiger partial charge is 0.481 e. The standard InChI is InChI=1S/C15H21NO3S/c1-3-15(4-2,14(18)19)9-16-13(17)12-8-10-6-5-7-11(10)20-12/h8H,3-7,9H2,1-2H3,(H,16,17)(H,18,19). The molecule has 0 spiro atoms. The maximum atomic E-state index is 12.2. The van der Waals surface area contributed by atoms with Crippen molar-refractivity contribution in [2.75, 3.05) is 6.54 Å². The van der Waals surface area contributed by atoms with Gasteiger partial charge in [-0.05, 0) is 43.7 Å². The van der Waals surface area contributed by atoms with E-state index < -0.39 is 11.4 Å². The van der Waals surface area contributed by atoms with Gasteiger partial charge in [0.05, 0.1) is 10.3 Å². The molecule has 20 heavy (non-hydrogen) atoms. The Morgan fingerprint density at radius 3 is 2.60 bits per heavy atom. The molecule has 0 atom stereocenters. The minimum Gasteiger partial charge on any atom is -0.481 e. The Bertz CT molecular complexity index is 496. The Morgan fingerprint density at radius 1 is 1.35 bits per heavy atom. The molecule has 1 heterocycles. The second kappa shape index (κ2) is 5.95. The van der Waals surface area contributed by atoms with Crippen LogP contribution in [0.15, 0.2) is 6.07 Å². The number of carboxylic acid groups (broad SMARTS) is 1. The number of amides is 1. The van der Waals surface area contributed by atoms with Gasteiger partial charge in [-0.1, -0.05) is 13.8 Å². The van der Waals surface area contributed by atoms with Crippen LogP contribution in [0.3, 0.4) is 0 Å². The lowest BCUT2D eigenvalue weighted by atomic mass is 9.82. The van der Waals surface area contributed by atoms with Crippen LogP contribution in [0.25, 0.3) is 0 Å². The maximum Gasteiger partial charge on any atom is 0.311 e. The smallest absolute Gasteiger partial charge is 0.311 e. The van der Waals surface area contributed by atoms with Crippen LogP contribution in [-0.2, 0) is 17.6 Å². The van der Waals surface area contributed by atoms with Crippen molar-refractivity contribution in [3.05, 3.63) is 21.4 Å². The predicted molar refractivity (Wildman–Crippen MR) is 79.3 cm³/mol. The van der Waals surface area contributed by atoms with Crippen LogP contribution in [0.5, 0.6) is 0 Å². The molecule has 0 radical (unpaired) electrons. The Balaban J connectivity index is 2.02. The molecular weight excluding hydrogens is 274 g/mol. The highest BCUT2D eigenvalue weighted by molar-refractivity contribution is 7.14. The van der Waals surface area contributed by atoms with Crippen LogP contribution in [0.4, 0.5) is 0 Å². The number of nitrogens with one attached hydrogen (secondary N) is 1. The van der Waals surface area contributed by atoms with Crippen LogP contribution < -0.4 is 5.32 Å². The fourth-order valence-corrected chi connectivity index (χ4v) is 3.83.